The maximum absolute atomic E-state index is 11.3. The number of oxazole rings is 1. The molecule has 1 heterocycles. The summed E-state index contributed by atoms with van der Waals surface area (Å²) in [4.78, 5) is 15.4. The highest BCUT2D eigenvalue weighted by molar-refractivity contribution is 5.76. The number of aromatic nitrogens is 1. The second-order valence-electron chi connectivity index (χ2n) is 5.69. The molecule has 1 aromatic heterocycles. The van der Waals surface area contributed by atoms with Gasteiger partial charge in [0.05, 0.1) is 4.92 Å². The number of hydrogen-bond acceptors (Lipinski definition) is 4. The van der Waals surface area contributed by atoms with Crippen LogP contribution in [0.25, 0.3) is 22.6 Å². The number of para-hydroxylation sites is 2. The minimum Gasteiger partial charge on any atom is -0.436 e. The summed E-state index contributed by atoms with van der Waals surface area (Å²) in [7, 11) is 0. The lowest BCUT2D eigenvalue weighted by Crippen LogP contribution is -2.00. The van der Waals surface area contributed by atoms with Crippen molar-refractivity contribution in [1.82, 2.24) is 4.98 Å². The molecule has 0 N–H and O–H groups in total. The Bertz CT molecular complexity index is 804. The predicted molar refractivity (Wildman–Crippen MR) is 84.6 cm³/mol. The molecule has 0 saturated heterocycles. The smallest absolute Gasteiger partial charge is 0.273 e. The van der Waals surface area contributed by atoms with Crippen molar-refractivity contribution in [3.05, 3.63) is 58.1 Å². The molecular formula is C17H16N2O3. The van der Waals surface area contributed by atoms with Crippen molar-refractivity contribution in [3.63, 3.8) is 0 Å². The zero-order valence-corrected chi connectivity index (χ0v) is 12.4. The Balaban J connectivity index is 2.07. The van der Waals surface area contributed by atoms with Gasteiger partial charge in [-0.3, -0.25) is 10.1 Å². The van der Waals surface area contributed by atoms with E-state index in [1.54, 1.807) is 12.1 Å². The van der Waals surface area contributed by atoms with E-state index in [0.717, 1.165) is 11.1 Å². The molecule has 0 radical (unpaired) electrons. The maximum Gasteiger partial charge on any atom is 0.273 e. The van der Waals surface area contributed by atoms with Crippen LogP contribution in [0.5, 0.6) is 0 Å². The Morgan fingerprint density at radius 1 is 1.23 bits per heavy atom. The number of fused-ring (bicyclic) bond motifs is 1. The molecule has 0 aliphatic heterocycles. The van der Waals surface area contributed by atoms with E-state index in [9.17, 15) is 10.1 Å². The van der Waals surface area contributed by atoms with E-state index in [0.29, 0.717) is 29.4 Å². The first-order valence-corrected chi connectivity index (χ1v) is 7.18. The van der Waals surface area contributed by atoms with Crippen LogP contribution in [0.3, 0.4) is 0 Å². The molecule has 22 heavy (non-hydrogen) atoms. The van der Waals surface area contributed by atoms with Crippen molar-refractivity contribution in [3.8, 4) is 11.5 Å². The van der Waals surface area contributed by atoms with Crippen LogP contribution in [0, 0.1) is 16.0 Å². The Hall–Kier alpha value is -2.69. The molecule has 0 aliphatic rings. The van der Waals surface area contributed by atoms with Gasteiger partial charge >= 0.3 is 0 Å². The van der Waals surface area contributed by atoms with Crippen molar-refractivity contribution < 1.29 is 9.34 Å². The maximum atomic E-state index is 11.3. The molecule has 5 heteroatoms. The number of nitro groups is 1. The quantitative estimate of drug-likeness (QED) is 0.521. The number of hydrogen-bond donors (Lipinski definition) is 0. The van der Waals surface area contributed by atoms with E-state index < -0.39 is 0 Å². The average Bonchev–Trinajstić information content (AvgIpc) is 2.90. The number of nitrogens with zero attached hydrogens (tertiary/aromatic N) is 2. The monoisotopic (exact) mass is 296 g/mol. The van der Waals surface area contributed by atoms with Crippen LogP contribution < -0.4 is 0 Å². The van der Waals surface area contributed by atoms with Gasteiger partial charge in [0.2, 0.25) is 5.89 Å². The normalized spacial score (nSPS) is 11.2. The minimum absolute atomic E-state index is 0.119. The van der Waals surface area contributed by atoms with E-state index >= 15 is 0 Å². The fourth-order valence-corrected chi connectivity index (χ4v) is 2.47. The van der Waals surface area contributed by atoms with Gasteiger partial charge in [-0.05, 0) is 30.5 Å². The van der Waals surface area contributed by atoms with E-state index in [2.05, 4.69) is 4.98 Å². The molecular weight excluding hydrogens is 280 g/mol. The number of benzene rings is 2. The molecule has 0 atom stereocenters. The molecule has 3 rings (SSSR count). The summed E-state index contributed by atoms with van der Waals surface area (Å²) in [6.07, 6.45) is 0.671. The van der Waals surface area contributed by atoms with Gasteiger partial charge in [0.1, 0.15) is 5.52 Å². The van der Waals surface area contributed by atoms with Crippen molar-refractivity contribution >= 4 is 16.8 Å². The SMILES string of the molecule is CC(C)Cc1ccc(-c2nc3ccccc3o2)cc1[N+](=O)[O-]. The predicted octanol–water partition coefficient (Wildman–Crippen LogP) is 4.60. The van der Waals surface area contributed by atoms with Gasteiger partial charge in [0, 0.05) is 17.2 Å². The van der Waals surface area contributed by atoms with Crippen LogP contribution in [0.1, 0.15) is 19.4 Å². The summed E-state index contributed by atoms with van der Waals surface area (Å²) < 4.78 is 5.68. The Morgan fingerprint density at radius 3 is 2.68 bits per heavy atom. The van der Waals surface area contributed by atoms with Crippen LogP contribution in [0.4, 0.5) is 5.69 Å². The Morgan fingerprint density at radius 2 is 2.00 bits per heavy atom. The third-order valence-electron chi connectivity index (χ3n) is 3.45. The van der Waals surface area contributed by atoms with Crippen LogP contribution in [-0.4, -0.2) is 9.91 Å². The standard InChI is InChI=1S/C17H16N2O3/c1-11(2)9-12-7-8-13(10-15(12)19(20)21)17-18-14-5-3-4-6-16(14)22-17/h3-8,10-11H,9H2,1-2H3. The molecule has 0 saturated carbocycles. The molecule has 0 aliphatic carbocycles. The lowest BCUT2D eigenvalue weighted by atomic mass is 10.00. The first kappa shape index (κ1) is 14.3. The molecule has 3 aromatic rings. The zero-order chi connectivity index (χ0) is 15.7. The molecule has 0 spiro atoms. The third kappa shape index (κ3) is 2.70. The topological polar surface area (TPSA) is 69.2 Å². The highest BCUT2D eigenvalue weighted by Gasteiger charge is 2.18. The summed E-state index contributed by atoms with van der Waals surface area (Å²) in [5.41, 5.74) is 2.89. The van der Waals surface area contributed by atoms with E-state index in [4.69, 9.17) is 4.42 Å². The van der Waals surface area contributed by atoms with Crippen LogP contribution in [0.15, 0.2) is 46.9 Å². The second kappa shape index (κ2) is 5.60. The molecule has 112 valence electrons. The van der Waals surface area contributed by atoms with Gasteiger partial charge < -0.3 is 4.42 Å². The van der Waals surface area contributed by atoms with E-state index in [-0.39, 0.29) is 10.6 Å². The number of nitro benzene ring substituents is 1. The van der Waals surface area contributed by atoms with E-state index in [1.807, 2.05) is 44.2 Å². The van der Waals surface area contributed by atoms with Gasteiger partial charge in [0.15, 0.2) is 5.58 Å². The molecule has 0 bridgehead atoms. The van der Waals surface area contributed by atoms with Gasteiger partial charge in [0.25, 0.3) is 5.69 Å². The van der Waals surface area contributed by atoms with Crippen LogP contribution >= 0.6 is 0 Å². The largest absolute Gasteiger partial charge is 0.436 e. The highest BCUT2D eigenvalue weighted by atomic mass is 16.6. The Kier molecular flexibility index (Phi) is 3.63. The van der Waals surface area contributed by atoms with Gasteiger partial charge in [-0.1, -0.05) is 32.0 Å². The number of rotatable bonds is 4. The lowest BCUT2D eigenvalue weighted by Gasteiger charge is -2.06. The summed E-state index contributed by atoms with van der Waals surface area (Å²) in [5.74, 6) is 0.759. The first-order valence-electron chi connectivity index (χ1n) is 7.18. The zero-order valence-electron chi connectivity index (χ0n) is 12.4. The van der Waals surface area contributed by atoms with Crippen molar-refractivity contribution in [2.24, 2.45) is 5.92 Å². The molecule has 5 nitrogen and oxygen atoms in total. The summed E-state index contributed by atoms with van der Waals surface area (Å²) in [6.45, 7) is 4.08. The fraction of sp³-hybridized carbons (Fsp3) is 0.235. The first-order chi connectivity index (χ1) is 10.5. The fourth-order valence-electron chi connectivity index (χ4n) is 2.47. The van der Waals surface area contributed by atoms with Crippen molar-refractivity contribution in [1.29, 1.82) is 0 Å². The summed E-state index contributed by atoms with van der Waals surface area (Å²) in [5, 5.41) is 11.3. The highest BCUT2D eigenvalue weighted by Crippen LogP contribution is 2.30. The van der Waals surface area contributed by atoms with Crippen molar-refractivity contribution in [2.45, 2.75) is 20.3 Å². The molecule has 2 aromatic carbocycles. The van der Waals surface area contributed by atoms with Gasteiger partial charge in [-0.15, -0.1) is 0 Å². The van der Waals surface area contributed by atoms with Crippen LogP contribution in [0.2, 0.25) is 0 Å². The lowest BCUT2D eigenvalue weighted by molar-refractivity contribution is -0.385. The van der Waals surface area contributed by atoms with Gasteiger partial charge in [-0.2, -0.15) is 0 Å². The molecule has 0 unspecified atom stereocenters. The molecule has 0 amide bonds. The summed E-state index contributed by atoms with van der Waals surface area (Å²) in [6, 6.07) is 12.6. The van der Waals surface area contributed by atoms with Crippen LogP contribution in [-0.2, 0) is 6.42 Å². The third-order valence-corrected chi connectivity index (χ3v) is 3.45. The Labute approximate surface area is 127 Å². The average molecular weight is 296 g/mol. The van der Waals surface area contributed by atoms with E-state index in [1.165, 1.54) is 0 Å². The second-order valence-corrected chi connectivity index (χ2v) is 5.69. The van der Waals surface area contributed by atoms with Gasteiger partial charge in [-0.25, -0.2) is 4.98 Å². The molecule has 0 fully saturated rings. The minimum atomic E-state index is -0.343. The summed E-state index contributed by atoms with van der Waals surface area (Å²) >= 11 is 0. The van der Waals surface area contributed by atoms with Crippen molar-refractivity contribution in [2.75, 3.05) is 0 Å².